The quantitative estimate of drug-likeness (QED) is 0.844. The topological polar surface area (TPSA) is 102 Å². The van der Waals surface area contributed by atoms with Crippen molar-refractivity contribution in [3.05, 3.63) is 24.1 Å². The molecule has 1 aromatic heterocycles. The lowest BCUT2D eigenvalue weighted by Crippen LogP contribution is -2.45. The molecule has 0 radical (unpaired) electrons. The zero-order valence-electron chi connectivity index (χ0n) is 15.6. The molecule has 2 amide bonds. The standard InChI is InChI=1S/C18H23N5O4/c1-10(2)19-18(24)20-12-7-13(23(3)8-12)17-21-16(22-27-17)11-4-5-14-15(6-11)26-9-25-14/h4-6,10,12-13H,7-9H2,1-3H3,(H2,19,20,24)/t12-,13+/m1/s1. The van der Waals surface area contributed by atoms with Crippen LogP contribution in [-0.4, -0.2) is 53.5 Å². The summed E-state index contributed by atoms with van der Waals surface area (Å²) in [5, 5.41) is 9.95. The number of hydrogen-bond donors (Lipinski definition) is 2. The van der Waals surface area contributed by atoms with Gasteiger partial charge in [0.1, 0.15) is 0 Å². The molecule has 9 heteroatoms. The maximum absolute atomic E-state index is 11.9. The number of urea groups is 1. The smallest absolute Gasteiger partial charge is 0.315 e. The Morgan fingerprint density at radius 2 is 2.11 bits per heavy atom. The van der Waals surface area contributed by atoms with Crippen LogP contribution in [0.4, 0.5) is 4.79 Å². The maximum Gasteiger partial charge on any atom is 0.315 e. The fraction of sp³-hybridized carbons (Fsp3) is 0.500. The van der Waals surface area contributed by atoms with Gasteiger partial charge in [0.25, 0.3) is 0 Å². The number of likely N-dealkylation sites (N-methyl/N-ethyl adjacent to an activating group) is 1. The molecule has 2 atom stereocenters. The fourth-order valence-electron chi connectivity index (χ4n) is 3.41. The lowest BCUT2D eigenvalue weighted by atomic mass is 10.1. The summed E-state index contributed by atoms with van der Waals surface area (Å²) in [5.74, 6) is 2.44. The summed E-state index contributed by atoms with van der Waals surface area (Å²) in [5.41, 5.74) is 0.806. The summed E-state index contributed by atoms with van der Waals surface area (Å²) >= 11 is 0. The fourth-order valence-corrected chi connectivity index (χ4v) is 3.41. The van der Waals surface area contributed by atoms with Gasteiger partial charge in [0.2, 0.25) is 18.5 Å². The van der Waals surface area contributed by atoms with E-state index in [0.29, 0.717) is 29.6 Å². The molecular weight excluding hydrogens is 350 g/mol. The van der Waals surface area contributed by atoms with Crippen LogP contribution in [-0.2, 0) is 0 Å². The summed E-state index contributed by atoms with van der Waals surface area (Å²) in [7, 11) is 1.98. The number of ether oxygens (including phenoxy) is 2. The summed E-state index contributed by atoms with van der Waals surface area (Å²) in [6.45, 7) is 4.80. The van der Waals surface area contributed by atoms with E-state index >= 15 is 0 Å². The van der Waals surface area contributed by atoms with E-state index in [1.54, 1.807) is 0 Å². The number of aromatic nitrogens is 2. The molecule has 144 valence electrons. The number of nitrogens with one attached hydrogen (secondary N) is 2. The van der Waals surface area contributed by atoms with Crippen molar-refractivity contribution in [2.45, 2.75) is 38.4 Å². The zero-order valence-corrected chi connectivity index (χ0v) is 15.6. The van der Waals surface area contributed by atoms with Crippen LogP contribution in [0.2, 0.25) is 0 Å². The van der Waals surface area contributed by atoms with Gasteiger partial charge in [-0.25, -0.2) is 4.79 Å². The van der Waals surface area contributed by atoms with Crippen molar-refractivity contribution in [3.8, 4) is 22.9 Å². The minimum absolute atomic E-state index is 0.0274. The average molecular weight is 373 g/mol. The van der Waals surface area contributed by atoms with Crippen LogP contribution in [0.25, 0.3) is 11.4 Å². The molecule has 9 nitrogen and oxygen atoms in total. The van der Waals surface area contributed by atoms with Crippen molar-refractivity contribution in [1.29, 1.82) is 0 Å². The number of benzene rings is 1. The third-order valence-corrected chi connectivity index (χ3v) is 4.66. The minimum Gasteiger partial charge on any atom is -0.454 e. The highest BCUT2D eigenvalue weighted by Gasteiger charge is 2.35. The molecule has 0 unspecified atom stereocenters. The van der Waals surface area contributed by atoms with Gasteiger partial charge >= 0.3 is 6.03 Å². The van der Waals surface area contributed by atoms with Crippen LogP contribution in [0.5, 0.6) is 11.5 Å². The van der Waals surface area contributed by atoms with Crippen LogP contribution >= 0.6 is 0 Å². The van der Waals surface area contributed by atoms with Crippen molar-refractivity contribution >= 4 is 6.03 Å². The van der Waals surface area contributed by atoms with Gasteiger partial charge in [-0.15, -0.1) is 0 Å². The van der Waals surface area contributed by atoms with Gasteiger partial charge in [0, 0.05) is 24.2 Å². The van der Waals surface area contributed by atoms with E-state index in [2.05, 4.69) is 25.7 Å². The number of hydrogen-bond acceptors (Lipinski definition) is 7. The SMILES string of the molecule is CC(C)NC(=O)N[C@@H]1C[C@@H](c2nc(-c3ccc4c(c3)OCO4)no2)N(C)C1. The first-order valence-electron chi connectivity index (χ1n) is 9.00. The number of likely N-dealkylation sites (tertiary alicyclic amines) is 1. The molecule has 2 aliphatic rings. The number of nitrogens with zero attached hydrogens (tertiary/aromatic N) is 3. The Bertz CT molecular complexity index is 837. The number of carbonyl (C=O) groups is 1. The molecule has 1 aromatic carbocycles. The third kappa shape index (κ3) is 3.68. The molecule has 0 saturated carbocycles. The Morgan fingerprint density at radius 3 is 2.93 bits per heavy atom. The highest BCUT2D eigenvalue weighted by molar-refractivity contribution is 5.74. The van der Waals surface area contributed by atoms with E-state index in [9.17, 15) is 4.79 Å². The highest BCUT2D eigenvalue weighted by Crippen LogP contribution is 2.36. The molecule has 27 heavy (non-hydrogen) atoms. The van der Waals surface area contributed by atoms with E-state index in [-0.39, 0.29) is 30.9 Å². The largest absolute Gasteiger partial charge is 0.454 e. The van der Waals surface area contributed by atoms with Crippen LogP contribution in [0.1, 0.15) is 32.2 Å². The van der Waals surface area contributed by atoms with Gasteiger partial charge in [0.15, 0.2) is 11.5 Å². The van der Waals surface area contributed by atoms with Crippen molar-refractivity contribution in [2.24, 2.45) is 0 Å². The molecule has 2 aliphatic heterocycles. The molecule has 1 fully saturated rings. The van der Waals surface area contributed by atoms with Gasteiger partial charge in [-0.3, -0.25) is 4.90 Å². The Hall–Kier alpha value is -2.81. The molecular formula is C18H23N5O4. The van der Waals surface area contributed by atoms with Gasteiger partial charge in [-0.1, -0.05) is 5.16 Å². The summed E-state index contributed by atoms with van der Waals surface area (Å²) < 4.78 is 16.2. The van der Waals surface area contributed by atoms with Gasteiger partial charge in [-0.2, -0.15) is 4.98 Å². The Morgan fingerprint density at radius 1 is 1.30 bits per heavy atom. The normalized spacial score (nSPS) is 21.6. The monoisotopic (exact) mass is 373 g/mol. The van der Waals surface area contributed by atoms with Gasteiger partial charge < -0.3 is 24.6 Å². The van der Waals surface area contributed by atoms with E-state index in [1.807, 2.05) is 39.1 Å². The van der Waals surface area contributed by atoms with Crippen LogP contribution in [0.3, 0.4) is 0 Å². The van der Waals surface area contributed by atoms with E-state index in [1.165, 1.54) is 0 Å². The highest BCUT2D eigenvalue weighted by atomic mass is 16.7. The van der Waals surface area contributed by atoms with Crippen molar-refractivity contribution in [1.82, 2.24) is 25.7 Å². The Kier molecular flexibility index (Phi) is 4.61. The first-order valence-corrected chi connectivity index (χ1v) is 9.00. The van der Waals surface area contributed by atoms with Crippen molar-refractivity contribution in [3.63, 3.8) is 0 Å². The molecule has 0 bridgehead atoms. The van der Waals surface area contributed by atoms with E-state index in [4.69, 9.17) is 14.0 Å². The number of rotatable bonds is 4. The minimum atomic E-state index is -0.157. The van der Waals surface area contributed by atoms with E-state index in [0.717, 1.165) is 12.1 Å². The second-order valence-electron chi connectivity index (χ2n) is 7.18. The molecule has 0 aliphatic carbocycles. The molecule has 1 saturated heterocycles. The van der Waals surface area contributed by atoms with Crippen LogP contribution in [0, 0.1) is 0 Å². The van der Waals surface area contributed by atoms with E-state index < -0.39 is 0 Å². The van der Waals surface area contributed by atoms with Gasteiger partial charge in [0.05, 0.1) is 6.04 Å². The van der Waals surface area contributed by atoms with Crippen LogP contribution in [0.15, 0.2) is 22.7 Å². The second kappa shape index (κ2) is 7.07. The third-order valence-electron chi connectivity index (χ3n) is 4.66. The summed E-state index contributed by atoms with van der Waals surface area (Å²) in [4.78, 5) is 18.6. The predicted octanol–water partition coefficient (Wildman–Crippen LogP) is 1.92. The molecule has 3 heterocycles. The van der Waals surface area contributed by atoms with Crippen molar-refractivity contribution in [2.75, 3.05) is 20.4 Å². The maximum atomic E-state index is 11.9. The molecule has 0 spiro atoms. The summed E-state index contributed by atoms with van der Waals surface area (Å²) in [6, 6.07) is 5.49. The lowest BCUT2D eigenvalue weighted by Gasteiger charge is -2.15. The molecule has 2 aromatic rings. The Balaban J connectivity index is 1.44. The number of carbonyl (C=O) groups excluding carboxylic acids is 1. The zero-order chi connectivity index (χ0) is 19.0. The van der Waals surface area contributed by atoms with Crippen LogP contribution < -0.4 is 20.1 Å². The second-order valence-corrected chi connectivity index (χ2v) is 7.18. The first kappa shape index (κ1) is 17.6. The van der Waals surface area contributed by atoms with Gasteiger partial charge in [-0.05, 0) is 45.5 Å². The molecule has 2 N–H and O–H groups in total. The first-order chi connectivity index (χ1) is 13.0. The average Bonchev–Trinajstić information content (AvgIpc) is 3.32. The van der Waals surface area contributed by atoms with Crippen molar-refractivity contribution < 1.29 is 18.8 Å². The number of fused-ring (bicyclic) bond motifs is 1. The predicted molar refractivity (Wildman–Crippen MR) is 96.4 cm³/mol. The summed E-state index contributed by atoms with van der Waals surface area (Å²) in [6.07, 6.45) is 0.713. The number of amides is 2. The Labute approximate surface area is 157 Å². The lowest BCUT2D eigenvalue weighted by molar-refractivity contribution is 0.174. The molecule has 4 rings (SSSR count).